The van der Waals surface area contributed by atoms with Gasteiger partial charge in [-0.15, -0.1) is 0 Å². The highest BCUT2D eigenvalue weighted by atomic mass is 28.4. The van der Waals surface area contributed by atoms with Gasteiger partial charge in [-0.25, -0.2) is 0 Å². The molecule has 0 N–H and O–H groups in total. The molecule has 0 spiro atoms. The third-order valence-corrected chi connectivity index (χ3v) is 4.91. The number of ether oxygens (including phenoxy) is 2. The average Bonchev–Trinajstić information content (AvgIpc) is 2.26. The molecule has 0 bridgehead atoms. The van der Waals surface area contributed by atoms with E-state index in [4.69, 9.17) is 22.8 Å². The molecule has 86 valence electrons. The summed E-state index contributed by atoms with van der Waals surface area (Å²) in [5.74, 6) is 0. The van der Waals surface area contributed by atoms with Crippen LogP contribution < -0.4 is 0 Å². The molecule has 0 atom stereocenters. The lowest BCUT2D eigenvalue weighted by molar-refractivity contribution is -0.105. The first-order valence-corrected chi connectivity index (χ1v) is 6.32. The lowest BCUT2D eigenvalue weighted by Gasteiger charge is -2.25. The van der Waals surface area contributed by atoms with E-state index >= 15 is 0 Å². The van der Waals surface area contributed by atoms with Gasteiger partial charge in [0.1, 0.15) is 0 Å². The van der Waals surface area contributed by atoms with Crippen LogP contribution in [0.15, 0.2) is 0 Å². The van der Waals surface area contributed by atoms with Crippen LogP contribution in [-0.4, -0.2) is 50.6 Å². The van der Waals surface area contributed by atoms with Crippen molar-refractivity contribution < 1.29 is 22.8 Å². The van der Waals surface area contributed by atoms with Gasteiger partial charge in [0.05, 0.1) is 0 Å². The topological polar surface area (TPSA) is 46.2 Å². The quantitative estimate of drug-likeness (QED) is 0.452. The summed E-state index contributed by atoms with van der Waals surface area (Å²) in [5, 5.41) is 0. The molecule has 0 fully saturated rings. The maximum atomic E-state index is 5.26. The molecule has 0 saturated carbocycles. The highest BCUT2D eigenvalue weighted by molar-refractivity contribution is 6.60. The zero-order chi connectivity index (χ0) is 11.0. The molecule has 0 aromatic heterocycles. The van der Waals surface area contributed by atoms with E-state index in [2.05, 4.69) is 0 Å². The minimum Gasteiger partial charge on any atom is -0.377 e. The normalized spacial score (nSPS) is 12.4. The Morgan fingerprint density at radius 3 is 1.57 bits per heavy atom. The summed E-state index contributed by atoms with van der Waals surface area (Å²) < 4.78 is 25.9. The third kappa shape index (κ3) is 4.03. The molecule has 0 aliphatic heterocycles. The van der Waals surface area contributed by atoms with Crippen molar-refractivity contribution in [3.63, 3.8) is 0 Å². The Balaban J connectivity index is 4.04. The van der Waals surface area contributed by atoms with Crippen molar-refractivity contribution in [1.29, 1.82) is 0 Å². The van der Waals surface area contributed by atoms with Crippen molar-refractivity contribution in [2.45, 2.75) is 18.8 Å². The summed E-state index contributed by atoms with van der Waals surface area (Å²) in [4.78, 5) is 0. The van der Waals surface area contributed by atoms with Crippen LogP contribution >= 0.6 is 0 Å². The molecule has 0 saturated heterocycles. The van der Waals surface area contributed by atoms with Gasteiger partial charge in [0.25, 0.3) is 0 Å². The molecule has 0 aromatic carbocycles. The molecule has 14 heavy (non-hydrogen) atoms. The van der Waals surface area contributed by atoms with Crippen molar-refractivity contribution in [2.75, 3.05) is 35.5 Å². The van der Waals surface area contributed by atoms with E-state index in [1.165, 1.54) is 0 Å². The van der Waals surface area contributed by atoms with Gasteiger partial charge in [0, 0.05) is 48.0 Å². The van der Waals surface area contributed by atoms with E-state index in [0.717, 1.165) is 0 Å². The summed E-state index contributed by atoms with van der Waals surface area (Å²) in [7, 11) is 5.50. The maximum Gasteiger partial charge on any atom is 0.500 e. The minimum atomic E-state index is -2.47. The predicted octanol–water partition coefficient (Wildman–Crippen LogP) is 0.873. The molecule has 6 heteroatoms. The van der Waals surface area contributed by atoms with Crippen LogP contribution in [0, 0.1) is 0 Å². The van der Waals surface area contributed by atoms with Gasteiger partial charge < -0.3 is 22.8 Å². The molecule has 0 aliphatic carbocycles. The molecular weight excluding hydrogens is 204 g/mol. The SMILES string of the molecule is COC(CC[Si](OC)(OC)OC)OC. The third-order valence-electron chi connectivity index (χ3n) is 2.15. The van der Waals surface area contributed by atoms with E-state index in [9.17, 15) is 0 Å². The Kier molecular flexibility index (Phi) is 7.34. The van der Waals surface area contributed by atoms with Gasteiger partial charge in [-0.1, -0.05) is 0 Å². The van der Waals surface area contributed by atoms with Crippen LogP contribution in [0.3, 0.4) is 0 Å². The molecule has 0 amide bonds. The second-order valence-corrected chi connectivity index (χ2v) is 5.83. The second-order valence-electron chi connectivity index (χ2n) is 2.74. The van der Waals surface area contributed by atoms with Gasteiger partial charge >= 0.3 is 8.80 Å². The smallest absolute Gasteiger partial charge is 0.377 e. The van der Waals surface area contributed by atoms with Gasteiger partial charge in [-0.3, -0.25) is 0 Å². The zero-order valence-corrected chi connectivity index (χ0v) is 10.5. The van der Waals surface area contributed by atoms with E-state index in [1.54, 1.807) is 35.5 Å². The highest BCUT2D eigenvalue weighted by Gasteiger charge is 2.38. The van der Waals surface area contributed by atoms with Gasteiger partial charge in [0.2, 0.25) is 0 Å². The Labute approximate surface area is 86.6 Å². The van der Waals surface area contributed by atoms with E-state index in [0.29, 0.717) is 12.5 Å². The molecule has 0 aromatic rings. The van der Waals surface area contributed by atoms with Crippen LogP contribution in [-0.2, 0) is 22.8 Å². The van der Waals surface area contributed by atoms with Gasteiger partial charge in [0.15, 0.2) is 6.29 Å². The largest absolute Gasteiger partial charge is 0.500 e. The van der Waals surface area contributed by atoms with Crippen LogP contribution in [0.1, 0.15) is 6.42 Å². The van der Waals surface area contributed by atoms with Crippen LogP contribution in [0.5, 0.6) is 0 Å². The molecular formula is C8H20O5Si. The number of rotatable bonds is 8. The summed E-state index contributed by atoms with van der Waals surface area (Å²) in [6.07, 6.45) is 0.455. The van der Waals surface area contributed by atoms with Gasteiger partial charge in [-0.2, -0.15) is 0 Å². The van der Waals surface area contributed by atoms with Crippen LogP contribution in [0.4, 0.5) is 0 Å². The van der Waals surface area contributed by atoms with Gasteiger partial charge in [-0.05, 0) is 0 Å². The predicted molar refractivity (Wildman–Crippen MR) is 54.0 cm³/mol. The Hall–Kier alpha value is 0.0169. The average molecular weight is 224 g/mol. The molecule has 0 heterocycles. The lowest BCUT2D eigenvalue weighted by Crippen LogP contribution is -2.43. The summed E-state index contributed by atoms with van der Waals surface area (Å²) in [6.45, 7) is 0. The Morgan fingerprint density at radius 2 is 1.29 bits per heavy atom. The van der Waals surface area contributed by atoms with E-state index in [-0.39, 0.29) is 6.29 Å². The number of methoxy groups -OCH3 is 2. The highest BCUT2D eigenvalue weighted by Crippen LogP contribution is 2.17. The lowest BCUT2D eigenvalue weighted by atomic mass is 10.5. The second kappa shape index (κ2) is 7.33. The Morgan fingerprint density at radius 1 is 0.857 bits per heavy atom. The standard InChI is InChI=1S/C8H20O5Si/c1-9-8(10-2)6-7-14(11-3,12-4)13-5/h8H,6-7H2,1-5H3. The van der Waals surface area contributed by atoms with Crippen molar-refractivity contribution >= 4 is 8.80 Å². The van der Waals surface area contributed by atoms with Crippen LogP contribution in [0.2, 0.25) is 6.04 Å². The monoisotopic (exact) mass is 224 g/mol. The maximum absolute atomic E-state index is 5.26. The minimum absolute atomic E-state index is 0.234. The van der Waals surface area contributed by atoms with E-state index in [1.807, 2.05) is 0 Å². The zero-order valence-electron chi connectivity index (χ0n) is 9.53. The fourth-order valence-electron chi connectivity index (χ4n) is 1.18. The molecule has 5 nitrogen and oxygen atoms in total. The van der Waals surface area contributed by atoms with Crippen molar-refractivity contribution in [2.24, 2.45) is 0 Å². The van der Waals surface area contributed by atoms with Crippen molar-refractivity contribution in [3.8, 4) is 0 Å². The summed E-state index contributed by atoms with van der Waals surface area (Å²) >= 11 is 0. The molecule has 0 rings (SSSR count). The fourth-order valence-corrected chi connectivity index (χ4v) is 2.88. The first-order valence-electron chi connectivity index (χ1n) is 4.39. The molecule has 0 radical (unpaired) electrons. The van der Waals surface area contributed by atoms with Crippen molar-refractivity contribution in [1.82, 2.24) is 0 Å². The molecule has 0 aliphatic rings. The number of hydrogen-bond acceptors (Lipinski definition) is 5. The van der Waals surface area contributed by atoms with Crippen molar-refractivity contribution in [3.05, 3.63) is 0 Å². The number of hydrogen-bond donors (Lipinski definition) is 0. The van der Waals surface area contributed by atoms with E-state index < -0.39 is 8.80 Å². The first-order chi connectivity index (χ1) is 6.67. The summed E-state index contributed by atoms with van der Waals surface area (Å²) in [6, 6.07) is 0.669. The molecule has 0 unspecified atom stereocenters. The van der Waals surface area contributed by atoms with Crippen LogP contribution in [0.25, 0.3) is 0 Å². The Bertz CT molecular complexity index is 127. The first kappa shape index (κ1) is 14.0. The summed E-state index contributed by atoms with van der Waals surface area (Å²) in [5.41, 5.74) is 0. The fraction of sp³-hybridized carbons (Fsp3) is 1.00.